The third-order valence-corrected chi connectivity index (χ3v) is 5.62. The van der Waals surface area contributed by atoms with Gasteiger partial charge in [0.15, 0.2) is 0 Å². The van der Waals surface area contributed by atoms with Gasteiger partial charge in [0.25, 0.3) is 5.69 Å². The number of likely N-dealkylation sites (tertiary alicyclic amines) is 1. The number of nitro benzene ring substituents is 1. The van der Waals surface area contributed by atoms with Gasteiger partial charge >= 0.3 is 0 Å². The van der Waals surface area contributed by atoms with E-state index in [0.717, 1.165) is 37.9 Å². The molecule has 1 saturated heterocycles. The first kappa shape index (κ1) is 21.9. The van der Waals surface area contributed by atoms with Crippen molar-refractivity contribution >= 4 is 17.3 Å². The Morgan fingerprint density at radius 3 is 2.60 bits per heavy atom. The van der Waals surface area contributed by atoms with E-state index in [1.165, 1.54) is 12.1 Å². The molecule has 6 nitrogen and oxygen atoms in total. The zero-order valence-corrected chi connectivity index (χ0v) is 17.5. The summed E-state index contributed by atoms with van der Waals surface area (Å²) in [6.07, 6.45) is 2.73. The van der Waals surface area contributed by atoms with Crippen molar-refractivity contribution in [3.63, 3.8) is 0 Å². The average Bonchev–Trinajstić information content (AvgIpc) is 2.72. The van der Waals surface area contributed by atoms with Crippen molar-refractivity contribution in [2.45, 2.75) is 52.1 Å². The molecule has 0 spiro atoms. The van der Waals surface area contributed by atoms with Crippen molar-refractivity contribution in [1.82, 2.24) is 4.90 Å². The Balaban J connectivity index is 1.69. The van der Waals surface area contributed by atoms with Crippen LogP contribution in [0.25, 0.3) is 0 Å². The number of nitro groups is 1. The predicted octanol–water partition coefficient (Wildman–Crippen LogP) is 4.84. The minimum absolute atomic E-state index is 0.0208. The van der Waals surface area contributed by atoms with E-state index in [-0.39, 0.29) is 28.4 Å². The molecule has 0 saturated carbocycles. The van der Waals surface area contributed by atoms with E-state index >= 15 is 0 Å². The van der Waals surface area contributed by atoms with Crippen LogP contribution in [0.3, 0.4) is 0 Å². The molecule has 0 aromatic heterocycles. The molecule has 0 atom stereocenters. The van der Waals surface area contributed by atoms with Gasteiger partial charge in [-0.3, -0.25) is 19.8 Å². The normalized spacial score (nSPS) is 15.2. The molecule has 1 aliphatic rings. The van der Waals surface area contributed by atoms with Crippen LogP contribution >= 0.6 is 0 Å². The van der Waals surface area contributed by atoms with Gasteiger partial charge in [0.1, 0.15) is 5.82 Å². The molecule has 0 bridgehead atoms. The van der Waals surface area contributed by atoms with E-state index in [4.69, 9.17) is 0 Å². The summed E-state index contributed by atoms with van der Waals surface area (Å²) in [6, 6.07) is 11.7. The molecule has 1 amide bonds. The van der Waals surface area contributed by atoms with E-state index in [1.807, 2.05) is 19.1 Å². The topological polar surface area (TPSA) is 66.7 Å². The molecular weight excluding hydrogens is 385 g/mol. The summed E-state index contributed by atoms with van der Waals surface area (Å²) in [5, 5.41) is 11.0. The highest BCUT2D eigenvalue weighted by Crippen LogP contribution is 2.27. The zero-order chi connectivity index (χ0) is 21.7. The van der Waals surface area contributed by atoms with Crippen LogP contribution in [0.15, 0.2) is 42.5 Å². The number of carbonyl (C=O) groups excluding carboxylic acids is 1. The first-order chi connectivity index (χ1) is 14.4. The van der Waals surface area contributed by atoms with E-state index in [9.17, 15) is 19.3 Å². The number of carbonyl (C=O) groups is 1. The quantitative estimate of drug-likeness (QED) is 0.481. The fraction of sp³-hybridized carbons (Fsp3) is 0.435. The van der Waals surface area contributed by atoms with Crippen molar-refractivity contribution < 1.29 is 14.1 Å². The van der Waals surface area contributed by atoms with E-state index in [0.29, 0.717) is 24.2 Å². The van der Waals surface area contributed by atoms with Crippen LogP contribution in [-0.2, 0) is 11.3 Å². The molecule has 7 heteroatoms. The van der Waals surface area contributed by atoms with Crippen molar-refractivity contribution in [3.8, 4) is 0 Å². The SMILES string of the molecule is CCCC(=O)N(c1ccc(C)c(F)c1)C1CCN(Cc2cccc([N+](=O)[O-])c2)CC1. The van der Waals surface area contributed by atoms with Gasteiger partial charge in [0, 0.05) is 49.9 Å². The van der Waals surface area contributed by atoms with Gasteiger partial charge in [-0.1, -0.05) is 25.1 Å². The van der Waals surface area contributed by atoms with E-state index < -0.39 is 0 Å². The molecule has 0 radical (unpaired) electrons. The van der Waals surface area contributed by atoms with Crippen LogP contribution in [0, 0.1) is 22.9 Å². The second-order valence-corrected chi connectivity index (χ2v) is 7.88. The van der Waals surface area contributed by atoms with Gasteiger partial charge < -0.3 is 4.90 Å². The number of halogens is 1. The molecule has 160 valence electrons. The van der Waals surface area contributed by atoms with Gasteiger partial charge in [-0.2, -0.15) is 0 Å². The summed E-state index contributed by atoms with van der Waals surface area (Å²) in [5.41, 5.74) is 2.18. The number of rotatable bonds is 7. The molecule has 3 rings (SSSR count). The molecule has 2 aromatic carbocycles. The summed E-state index contributed by atoms with van der Waals surface area (Å²) in [7, 11) is 0. The number of non-ortho nitro benzene ring substituents is 1. The second kappa shape index (κ2) is 9.80. The van der Waals surface area contributed by atoms with E-state index in [1.54, 1.807) is 30.0 Å². The third-order valence-electron chi connectivity index (χ3n) is 5.62. The van der Waals surface area contributed by atoms with Crippen LogP contribution in [0.1, 0.15) is 43.7 Å². The Kier molecular flexibility index (Phi) is 7.15. The van der Waals surface area contributed by atoms with Crippen molar-refractivity contribution in [3.05, 3.63) is 69.5 Å². The van der Waals surface area contributed by atoms with Gasteiger partial charge in [0.2, 0.25) is 5.91 Å². The lowest BCUT2D eigenvalue weighted by Gasteiger charge is -2.38. The molecule has 30 heavy (non-hydrogen) atoms. The average molecular weight is 413 g/mol. The molecule has 1 heterocycles. The Morgan fingerprint density at radius 2 is 1.97 bits per heavy atom. The zero-order valence-electron chi connectivity index (χ0n) is 17.5. The fourth-order valence-corrected chi connectivity index (χ4v) is 3.99. The van der Waals surface area contributed by atoms with Crippen molar-refractivity contribution in [1.29, 1.82) is 0 Å². The lowest BCUT2D eigenvalue weighted by Crippen LogP contribution is -2.47. The Labute approximate surface area is 176 Å². The molecule has 0 N–H and O–H groups in total. The highest BCUT2D eigenvalue weighted by Gasteiger charge is 2.29. The molecule has 1 fully saturated rings. The Bertz CT molecular complexity index is 910. The highest BCUT2D eigenvalue weighted by atomic mass is 19.1. The van der Waals surface area contributed by atoms with Gasteiger partial charge in [0.05, 0.1) is 4.92 Å². The maximum absolute atomic E-state index is 14.2. The third kappa shape index (κ3) is 5.21. The predicted molar refractivity (Wildman–Crippen MR) is 115 cm³/mol. The first-order valence-electron chi connectivity index (χ1n) is 10.4. The largest absolute Gasteiger partial charge is 0.309 e. The minimum Gasteiger partial charge on any atom is -0.309 e. The highest BCUT2D eigenvalue weighted by molar-refractivity contribution is 5.94. The Hall–Kier alpha value is -2.80. The van der Waals surface area contributed by atoms with Gasteiger partial charge in [-0.25, -0.2) is 4.39 Å². The summed E-state index contributed by atoms with van der Waals surface area (Å²) in [4.78, 5) is 27.5. The van der Waals surface area contributed by atoms with Crippen LogP contribution in [0.2, 0.25) is 0 Å². The summed E-state index contributed by atoms with van der Waals surface area (Å²) in [5.74, 6) is -0.275. The lowest BCUT2D eigenvalue weighted by atomic mass is 10.0. The Morgan fingerprint density at radius 1 is 1.23 bits per heavy atom. The number of hydrogen-bond donors (Lipinski definition) is 0. The number of aryl methyl sites for hydroxylation is 1. The number of nitrogens with zero attached hydrogens (tertiary/aromatic N) is 3. The molecule has 1 aliphatic heterocycles. The molecular formula is C23H28FN3O3. The number of benzene rings is 2. The first-order valence-corrected chi connectivity index (χ1v) is 10.4. The van der Waals surface area contributed by atoms with Crippen molar-refractivity contribution in [2.75, 3.05) is 18.0 Å². The van der Waals surface area contributed by atoms with Gasteiger partial charge in [-0.05, 0) is 49.4 Å². The lowest BCUT2D eigenvalue weighted by molar-refractivity contribution is -0.384. The number of anilines is 1. The van der Waals surface area contributed by atoms with Crippen molar-refractivity contribution in [2.24, 2.45) is 0 Å². The summed E-state index contributed by atoms with van der Waals surface area (Å²) < 4.78 is 14.2. The standard InChI is InChI=1S/C23H28FN3O3/c1-3-5-23(28)26(20-9-8-17(2)22(24)15-20)19-10-12-25(13-11-19)16-18-6-4-7-21(14-18)27(29)30/h4,6-9,14-15,19H,3,5,10-13,16H2,1-2H3. The van der Waals surface area contributed by atoms with Crippen LogP contribution in [0.4, 0.5) is 15.8 Å². The smallest absolute Gasteiger partial charge is 0.269 e. The molecule has 2 aromatic rings. The maximum Gasteiger partial charge on any atom is 0.269 e. The maximum atomic E-state index is 14.2. The molecule has 0 unspecified atom stereocenters. The number of amides is 1. The number of hydrogen-bond acceptors (Lipinski definition) is 4. The van der Waals surface area contributed by atoms with Crippen LogP contribution < -0.4 is 4.90 Å². The number of piperidine rings is 1. The van der Waals surface area contributed by atoms with Gasteiger partial charge in [-0.15, -0.1) is 0 Å². The summed E-state index contributed by atoms with van der Waals surface area (Å²) in [6.45, 7) is 5.86. The fourth-order valence-electron chi connectivity index (χ4n) is 3.99. The second-order valence-electron chi connectivity index (χ2n) is 7.88. The monoisotopic (exact) mass is 413 g/mol. The van der Waals surface area contributed by atoms with E-state index in [2.05, 4.69) is 4.90 Å². The van der Waals surface area contributed by atoms with Crippen LogP contribution in [-0.4, -0.2) is 34.9 Å². The molecule has 0 aliphatic carbocycles. The minimum atomic E-state index is -0.381. The van der Waals surface area contributed by atoms with Crippen LogP contribution in [0.5, 0.6) is 0 Å². The summed E-state index contributed by atoms with van der Waals surface area (Å²) >= 11 is 0.